The van der Waals surface area contributed by atoms with Gasteiger partial charge in [0, 0.05) is 24.4 Å². The Morgan fingerprint density at radius 3 is 2.65 bits per heavy atom. The van der Waals surface area contributed by atoms with Crippen LogP contribution in [0, 0.1) is 0 Å². The van der Waals surface area contributed by atoms with Gasteiger partial charge >= 0.3 is 5.97 Å². The number of nitrogens with zero attached hydrogens (tertiary/aromatic N) is 3. The van der Waals surface area contributed by atoms with Gasteiger partial charge in [-0.15, -0.1) is 0 Å². The third-order valence-electron chi connectivity index (χ3n) is 7.11. The van der Waals surface area contributed by atoms with Gasteiger partial charge in [0.15, 0.2) is 0 Å². The predicted molar refractivity (Wildman–Crippen MR) is 130 cm³/mol. The van der Waals surface area contributed by atoms with Crippen LogP contribution in [0.25, 0.3) is 10.8 Å². The fourth-order valence-electron chi connectivity index (χ4n) is 4.20. The Morgan fingerprint density at radius 2 is 1.94 bits per heavy atom. The summed E-state index contributed by atoms with van der Waals surface area (Å²) in [6.45, 7) is 9.97. The first-order chi connectivity index (χ1) is 16.1. The summed E-state index contributed by atoms with van der Waals surface area (Å²) in [7, 11) is 0. The number of carbonyl (C=O) groups is 1. The van der Waals surface area contributed by atoms with Crippen molar-refractivity contribution in [2.45, 2.75) is 77.0 Å². The van der Waals surface area contributed by atoms with Crippen LogP contribution >= 0.6 is 0 Å². The maximum absolute atomic E-state index is 12.4. The van der Waals surface area contributed by atoms with Crippen LogP contribution in [0.5, 0.6) is 5.88 Å². The van der Waals surface area contributed by atoms with Crippen molar-refractivity contribution in [3.63, 3.8) is 0 Å². The van der Waals surface area contributed by atoms with Crippen LogP contribution in [-0.4, -0.2) is 32.1 Å². The fourth-order valence-corrected chi connectivity index (χ4v) is 4.20. The highest BCUT2D eigenvalue weighted by atomic mass is 16.6. The van der Waals surface area contributed by atoms with Gasteiger partial charge in [0.05, 0.1) is 16.6 Å². The highest BCUT2D eigenvalue weighted by Crippen LogP contribution is 2.42. The van der Waals surface area contributed by atoms with Crippen molar-refractivity contribution in [3.05, 3.63) is 47.4 Å². The number of carbonyl (C=O) groups excluding carboxylic acids is 1. The number of ether oxygens (including phenoxy) is 2. The zero-order valence-corrected chi connectivity index (χ0v) is 20.3. The van der Waals surface area contributed by atoms with E-state index in [1.165, 1.54) is 0 Å². The predicted octanol–water partition coefficient (Wildman–Crippen LogP) is 5.16. The van der Waals surface area contributed by atoms with E-state index in [0.717, 1.165) is 41.3 Å². The zero-order chi connectivity index (χ0) is 24.3. The summed E-state index contributed by atoms with van der Waals surface area (Å²) in [6, 6.07) is 5.34. The quantitative estimate of drug-likeness (QED) is 0.484. The third kappa shape index (κ3) is 3.96. The van der Waals surface area contributed by atoms with Crippen LogP contribution < -0.4 is 15.8 Å². The van der Waals surface area contributed by atoms with Crippen molar-refractivity contribution < 1.29 is 14.3 Å². The van der Waals surface area contributed by atoms with Crippen LogP contribution in [0.1, 0.15) is 87.5 Å². The van der Waals surface area contributed by atoms with E-state index in [1.54, 1.807) is 18.3 Å². The molecule has 3 N–H and O–H groups in total. The van der Waals surface area contributed by atoms with E-state index in [1.807, 2.05) is 33.0 Å². The molecule has 178 valence electrons. The Morgan fingerprint density at radius 1 is 1.18 bits per heavy atom. The first-order valence-corrected chi connectivity index (χ1v) is 11.8. The van der Waals surface area contributed by atoms with Crippen LogP contribution in [0.3, 0.4) is 0 Å². The minimum Gasteiger partial charge on any atom is -0.471 e. The number of nitrogens with one attached hydrogen (secondary N) is 1. The normalized spacial score (nSPS) is 20.9. The standard InChI is InChI=1S/C26H31N5O3/c1-6-19(27)17-12-29-23(33-26(5)9-10-26)18-13-28-21(11-16(17)18)30-20-8-7-15-22(31-20)14(2)25(3,4)34-24(15)32/h7-8,11-14,19H,6,9-10,27H2,1-5H3,(H,28,30,31)/t14-,19+/m1/s1. The second-order valence-corrected chi connectivity index (χ2v) is 10.2. The molecule has 2 atom stereocenters. The SMILES string of the molecule is CC[C@H](N)c1cnc(OC2(C)CC2)c2cnc(Nc3ccc4c(n3)[C@@H](C)C(C)(C)OC4=O)cc12. The zero-order valence-electron chi connectivity index (χ0n) is 20.3. The van der Waals surface area contributed by atoms with Crippen LogP contribution in [0.15, 0.2) is 30.6 Å². The first kappa shape index (κ1) is 22.5. The van der Waals surface area contributed by atoms with Gasteiger partial charge in [0.25, 0.3) is 0 Å². The highest BCUT2D eigenvalue weighted by molar-refractivity contribution is 5.93. The molecule has 1 aliphatic carbocycles. The van der Waals surface area contributed by atoms with Crippen molar-refractivity contribution >= 4 is 28.4 Å². The summed E-state index contributed by atoms with van der Waals surface area (Å²) in [6.07, 6.45) is 6.42. The Kier molecular flexibility index (Phi) is 5.24. The molecule has 4 heterocycles. The molecule has 1 fully saturated rings. The second-order valence-electron chi connectivity index (χ2n) is 10.2. The maximum Gasteiger partial charge on any atom is 0.340 e. The number of nitrogens with two attached hydrogens (primary N) is 1. The molecular weight excluding hydrogens is 430 g/mol. The second kappa shape index (κ2) is 7.91. The van der Waals surface area contributed by atoms with Gasteiger partial charge in [-0.2, -0.15) is 0 Å². The monoisotopic (exact) mass is 461 g/mol. The van der Waals surface area contributed by atoms with E-state index in [9.17, 15) is 4.79 Å². The Labute approximate surface area is 199 Å². The molecule has 5 rings (SSSR count). The lowest BCUT2D eigenvalue weighted by Crippen LogP contribution is -2.39. The lowest BCUT2D eigenvalue weighted by Gasteiger charge is -2.36. The molecule has 8 heteroatoms. The van der Waals surface area contributed by atoms with Crippen molar-refractivity contribution in [3.8, 4) is 5.88 Å². The summed E-state index contributed by atoms with van der Waals surface area (Å²) in [5, 5.41) is 5.10. The Bertz CT molecular complexity index is 1280. The van der Waals surface area contributed by atoms with Gasteiger partial charge in [-0.1, -0.05) is 13.8 Å². The number of rotatable bonds is 6. The number of hydrogen-bond acceptors (Lipinski definition) is 8. The molecule has 8 nitrogen and oxygen atoms in total. The van der Waals surface area contributed by atoms with E-state index in [0.29, 0.717) is 23.1 Å². The van der Waals surface area contributed by atoms with Gasteiger partial charge in [0.2, 0.25) is 5.88 Å². The summed E-state index contributed by atoms with van der Waals surface area (Å²) in [4.78, 5) is 26.3. The van der Waals surface area contributed by atoms with Gasteiger partial charge in [-0.25, -0.2) is 19.7 Å². The van der Waals surface area contributed by atoms with Crippen molar-refractivity contribution in [2.75, 3.05) is 5.32 Å². The molecule has 3 aromatic rings. The van der Waals surface area contributed by atoms with E-state index in [2.05, 4.69) is 29.1 Å². The maximum atomic E-state index is 12.4. The molecule has 0 bridgehead atoms. The molecule has 0 unspecified atom stereocenters. The molecule has 2 aliphatic rings. The van der Waals surface area contributed by atoms with Crippen LogP contribution in [0.2, 0.25) is 0 Å². The van der Waals surface area contributed by atoms with E-state index < -0.39 is 5.60 Å². The topological polar surface area (TPSA) is 112 Å². The van der Waals surface area contributed by atoms with Gasteiger partial charge < -0.3 is 20.5 Å². The number of hydrogen-bond donors (Lipinski definition) is 2. The van der Waals surface area contributed by atoms with Crippen molar-refractivity contribution in [2.24, 2.45) is 5.73 Å². The summed E-state index contributed by atoms with van der Waals surface area (Å²) >= 11 is 0. The van der Waals surface area contributed by atoms with E-state index in [-0.39, 0.29) is 23.5 Å². The summed E-state index contributed by atoms with van der Waals surface area (Å²) in [5.74, 6) is 1.44. The number of anilines is 2. The smallest absolute Gasteiger partial charge is 0.340 e. The summed E-state index contributed by atoms with van der Waals surface area (Å²) < 4.78 is 11.8. The molecule has 0 amide bonds. The fraction of sp³-hybridized carbons (Fsp3) is 0.462. The van der Waals surface area contributed by atoms with Crippen LogP contribution in [-0.2, 0) is 4.74 Å². The minimum absolute atomic E-state index is 0.0461. The molecule has 34 heavy (non-hydrogen) atoms. The number of esters is 1. The lowest BCUT2D eigenvalue weighted by molar-refractivity contribution is -0.0189. The Hall–Kier alpha value is -3.26. The number of cyclic esters (lactones) is 1. The van der Waals surface area contributed by atoms with E-state index in [4.69, 9.17) is 20.2 Å². The van der Waals surface area contributed by atoms with Gasteiger partial charge in [-0.3, -0.25) is 0 Å². The van der Waals surface area contributed by atoms with Crippen molar-refractivity contribution in [1.82, 2.24) is 15.0 Å². The molecule has 1 aliphatic heterocycles. The van der Waals surface area contributed by atoms with Crippen molar-refractivity contribution in [1.29, 1.82) is 0 Å². The highest BCUT2D eigenvalue weighted by Gasteiger charge is 2.41. The molecule has 0 spiro atoms. The Balaban J connectivity index is 1.52. The summed E-state index contributed by atoms with van der Waals surface area (Å²) in [5.41, 5.74) is 7.81. The minimum atomic E-state index is -0.621. The van der Waals surface area contributed by atoms with Gasteiger partial charge in [0.1, 0.15) is 22.8 Å². The molecule has 0 saturated heterocycles. The average molecular weight is 462 g/mol. The lowest BCUT2D eigenvalue weighted by atomic mass is 9.84. The third-order valence-corrected chi connectivity index (χ3v) is 7.11. The van der Waals surface area contributed by atoms with Gasteiger partial charge in [-0.05, 0) is 69.2 Å². The van der Waals surface area contributed by atoms with E-state index >= 15 is 0 Å². The number of aromatic nitrogens is 3. The molecule has 3 aromatic heterocycles. The first-order valence-electron chi connectivity index (χ1n) is 11.8. The van der Waals surface area contributed by atoms with Crippen LogP contribution in [0.4, 0.5) is 11.6 Å². The molecule has 1 saturated carbocycles. The number of fused-ring (bicyclic) bond motifs is 2. The molecule has 0 radical (unpaired) electrons. The number of pyridine rings is 3. The average Bonchev–Trinajstić information content (AvgIpc) is 3.53. The molecule has 0 aromatic carbocycles. The molecular formula is C26H31N5O3. The largest absolute Gasteiger partial charge is 0.471 e.